The molecule has 0 spiro atoms. The van der Waals surface area contributed by atoms with E-state index in [4.69, 9.17) is 0 Å². The Hall–Kier alpha value is -2.15. The molecule has 112 valence electrons. The van der Waals surface area contributed by atoms with E-state index in [1.165, 1.54) is 0 Å². The predicted octanol–water partition coefficient (Wildman–Crippen LogP) is 2.15. The largest absolute Gasteiger partial charge is 0.355 e. The molecule has 0 atom stereocenters. The molecule has 0 saturated carbocycles. The van der Waals surface area contributed by atoms with Crippen LogP contribution in [0.1, 0.15) is 17.4 Å². The van der Waals surface area contributed by atoms with Gasteiger partial charge in [0.15, 0.2) is 10.8 Å². The van der Waals surface area contributed by atoms with E-state index in [-0.39, 0.29) is 0 Å². The van der Waals surface area contributed by atoms with Gasteiger partial charge in [-0.2, -0.15) is 0 Å². The molecule has 22 heavy (non-hydrogen) atoms. The van der Waals surface area contributed by atoms with E-state index in [1.54, 1.807) is 11.8 Å². The molecule has 0 radical (unpaired) electrons. The van der Waals surface area contributed by atoms with Crippen LogP contribution in [0.3, 0.4) is 0 Å². The average Bonchev–Trinajstić information content (AvgIpc) is 2.89. The second-order valence-electron chi connectivity index (χ2n) is 5.44. The molecule has 0 amide bonds. The van der Waals surface area contributed by atoms with Gasteiger partial charge in [-0.25, -0.2) is 9.97 Å². The Labute approximate surface area is 132 Å². The van der Waals surface area contributed by atoms with Gasteiger partial charge in [-0.15, -0.1) is 10.2 Å². The lowest BCUT2D eigenvalue weighted by Crippen LogP contribution is -2.46. The fourth-order valence-corrected chi connectivity index (χ4v) is 3.17. The normalized spacial score (nSPS) is 15.3. The van der Waals surface area contributed by atoms with Crippen LogP contribution in [0.4, 0.5) is 5.82 Å². The molecule has 3 aromatic rings. The number of rotatable bonds is 3. The predicted molar refractivity (Wildman–Crippen MR) is 86.5 cm³/mol. The maximum Gasteiger partial charge on any atom is 0.189 e. The number of aromatic nitrogens is 5. The summed E-state index contributed by atoms with van der Waals surface area (Å²) in [6.07, 6.45) is 4.02. The van der Waals surface area contributed by atoms with Crippen molar-refractivity contribution in [2.45, 2.75) is 18.0 Å². The van der Waals surface area contributed by atoms with Crippen molar-refractivity contribution >= 4 is 23.2 Å². The minimum Gasteiger partial charge on any atom is -0.355 e. The Balaban J connectivity index is 1.56. The molecular formula is C15H16N6S. The highest BCUT2D eigenvalue weighted by Crippen LogP contribution is 2.30. The second-order valence-corrected chi connectivity index (χ2v) is 6.22. The first kappa shape index (κ1) is 13.5. The molecule has 1 aliphatic heterocycles. The Morgan fingerprint density at radius 1 is 1.18 bits per heavy atom. The van der Waals surface area contributed by atoms with E-state index < -0.39 is 0 Å². The summed E-state index contributed by atoms with van der Waals surface area (Å²) in [7, 11) is 0. The fourth-order valence-electron chi connectivity index (χ4n) is 2.75. The third-order valence-corrected chi connectivity index (χ3v) is 4.46. The average molecular weight is 312 g/mol. The standard InChI is InChI=1S/C15H16N6S/c1-10-7-13(17-15(16-10)22-2)20-8-11(9-20)14-19-18-12-5-3-4-6-21(12)14/h3-7,11H,8-9H2,1-2H3. The van der Waals surface area contributed by atoms with Gasteiger partial charge < -0.3 is 4.90 Å². The van der Waals surface area contributed by atoms with Crippen molar-refractivity contribution in [1.82, 2.24) is 24.6 Å². The van der Waals surface area contributed by atoms with Crippen LogP contribution in [0.15, 0.2) is 35.6 Å². The van der Waals surface area contributed by atoms with Crippen molar-refractivity contribution in [3.8, 4) is 0 Å². The molecule has 4 heterocycles. The van der Waals surface area contributed by atoms with Gasteiger partial charge in [0.25, 0.3) is 0 Å². The Morgan fingerprint density at radius 2 is 2.05 bits per heavy atom. The first-order valence-corrected chi connectivity index (χ1v) is 8.41. The number of fused-ring (bicyclic) bond motifs is 1. The van der Waals surface area contributed by atoms with E-state index in [0.29, 0.717) is 5.92 Å². The zero-order valence-electron chi connectivity index (χ0n) is 12.5. The molecule has 1 aliphatic rings. The number of anilines is 1. The number of nitrogens with zero attached hydrogens (tertiary/aromatic N) is 6. The molecule has 3 aromatic heterocycles. The van der Waals surface area contributed by atoms with Crippen LogP contribution < -0.4 is 4.90 Å². The molecule has 0 aromatic carbocycles. The maximum absolute atomic E-state index is 4.59. The highest BCUT2D eigenvalue weighted by Gasteiger charge is 2.32. The van der Waals surface area contributed by atoms with Gasteiger partial charge in [0, 0.05) is 31.0 Å². The number of aryl methyl sites for hydroxylation is 1. The fraction of sp³-hybridized carbons (Fsp3) is 0.333. The molecule has 7 heteroatoms. The third kappa shape index (κ3) is 2.21. The van der Waals surface area contributed by atoms with Crippen LogP contribution in [0.5, 0.6) is 0 Å². The minimum atomic E-state index is 0.394. The van der Waals surface area contributed by atoms with E-state index in [2.05, 4.69) is 29.5 Å². The molecule has 4 rings (SSSR count). The van der Waals surface area contributed by atoms with Gasteiger partial charge >= 0.3 is 0 Å². The summed E-state index contributed by atoms with van der Waals surface area (Å²) in [5.74, 6) is 2.43. The summed E-state index contributed by atoms with van der Waals surface area (Å²) in [6.45, 7) is 3.84. The zero-order chi connectivity index (χ0) is 15.1. The van der Waals surface area contributed by atoms with Crippen LogP contribution in [-0.2, 0) is 0 Å². The quantitative estimate of drug-likeness (QED) is 0.545. The first-order valence-electron chi connectivity index (χ1n) is 7.19. The lowest BCUT2D eigenvalue weighted by atomic mass is 9.99. The smallest absolute Gasteiger partial charge is 0.189 e. The highest BCUT2D eigenvalue weighted by atomic mass is 32.2. The van der Waals surface area contributed by atoms with E-state index in [0.717, 1.165) is 41.2 Å². The van der Waals surface area contributed by atoms with Crippen molar-refractivity contribution in [2.24, 2.45) is 0 Å². The van der Waals surface area contributed by atoms with Crippen molar-refractivity contribution in [3.05, 3.63) is 42.0 Å². The first-order chi connectivity index (χ1) is 10.7. The molecule has 6 nitrogen and oxygen atoms in total. The summed E-state index contributed by atoms with van der Waals surface area (Å²) in [5, 5.41) is 9.40. The molecule has 0 unspecified atom stereocenters. The summed E-state index contributed by atoms with van der Waals surface area (Å²) < 4.78 is 2.07. The molecule has 1 fully saturated rings. The van der Waals surface area contributed by atoms with Crippen LogP contribution >= 0.6 is 11.8 Å². The number of thioether (sulfide) groups is 1. The van der Waals surface area contributed by atoms with Gasteiger partial charge in [0.2, 0.25) is 0 Å². The number of pyridine rings is 1. The monoisotopic (exact) mass is 312 g/mol. The third-order valence-electron chi connectivity index (χ3n) is 3.91. The molecule has 0 N–H and O–H groups in total. The van der Waals surface area contributed by atoms with Crippen molar-refractivity contribution < 1.29 is 0 Å². The molecule has 1 saturated heterocycles. The lowest BCUT2D eigenvalue weighted by molar-refractivity contribution is 0.490. The Bertz CT molecular complexity index is 824. The maximum atomic E-state index is 4.59. The Morgan fingerprint density at radius 3 is 2.86 bits per heavy atom. The zero-order valence-corrected chi connectivity index (χ0v) is 13.3. The summed E-state index contributed by atoms with van der Waals surface area (Å²) in [4.78, 5) is 11.3. The molecule has 0 aliphatic carbocycles. The number of hydrogen-bond donors (Lipinski definition) is 0. The summed E-state index contributed by atoms with van der Waals surface area (Å²) in [6, 6.07) is 8.01. The van der Waals surface area contributed by atoms with Crippen LogP contribution in [0.2, 0.25) is 0 Å². The summed E-state index contributed by atoms with van der Waals surface area (Å²) in [5.41, 5.74) is 1.91. The van der Waals surface area contributed by atoms with E-state index in [9.17, 15) is 0 Å². The van der Waals surface area contributed by atoms with Gasteiger partial charge in [-0.1, -0.05) is 17.8 Å². The van der Waals surface area contributed by atoms with Gasteiger partial charge in [-0.05, 0) is 25.3 Å². The van der Waals surface area contributed by atoms with Gasteiger partial charge in [-0.3, -0.25) is 4.40 Å². The van der Waals surface area contributed by atoms with E-state index >= 15 is 0 Å². The molecule has 0 bridgehead atoms. The van der Waals surface area contributed by atoms with Crippen molar-refractivity contribution in [1.29, 1.82) is 0 Å². The minimum absolute atomic E-state index is 0.394. The topological polar surface area (TPSA) is 59.2 Å². The summed E-state index contributed by atoms with van der Waals surface area (Å²) >= 11 is 1.57. The van der Waals surface area contributed by atoms with Gasteiger partial charge in [0.1, 0.15) is 11.6 Å². The Kier molecular flexibility index (Phi) is 3.22. The van der Waals surface area contributed by atoms with Gasteiger partial charge in [0.05, 0.1) is 5.92 Å². The van der Waals surface area contributed by atoms with Crippen molar-refractivity contribution in [2.75, 3.05) is 24.2 Å². The van der Waals surface area contributed by atoms with Crippen LogP contribution in [0, 0.1) is 6.92 Å². The lowest BCUT2D eigenvalue weighted by Gasteiger charge is -2.39. The highest BCUT2D eigenvalue weighted by molar-refractivity contribution is 7.98. The van der Waals surface area contributed by atoms with Crippen LogP contribution in [0.25, 0.3) is 5.65 Å². The number of hydrogen-bond acceptors (Lipinski definition) is 6. The van der Waals surface area contributed by atoms with E-state index in [1.807, 2.05) is 43.6 Å². The SMILES string of the molecule is CSc1nc(C)cc(N2CC(c3nnc4ccccn34)C2)n1. The molecular weight excluding hydrogens is 296 g/mol. The van der Waals surface area contributed by atoms with Crippen molar-refractivity contribution in [3.63, 3.8) is 0 Å². The second kappa shape index (κ2) is 5.24. The van der Waals surface area contributed by atoms with Crippen LogP contribution in [-0.4, -0.2) is 43.9 Å².